The molecule has 0 N–H and O–H groups in total. The molecule has 0 radical (unpaired) electrons. The lowest BCUT2D eigenvalue weighted by Crippen LogP contribution is -2.35. The molecule has 1 heterocycles. The van der Waals surface area contributed by atoms with Crippen molar-refractivity contribution in [3.8, 4) is 11.5 Å². The predicted octanol–water partition coefficient (Wildman–Crippen LogP) is 4.12. The third-order valence-corrected chi connectivity index (χ3v) is 4.62. The van der Waals surface area contributed by atoms with Crippen molar-refractivity contribution in [2.75, 3.05) is 13.7 Å². The average molecular weight is 428 g/mol. The lowest BCUT2D eigenvalue weighted by molar-refractivity contribution is -0.149. The van der Waals surface area contributed by atoms with Crippen LogP contribution in [0.5, 0.6) is 11.5 Å². The topological polar surface area (TPSA) is 82.1 Å². The first-order chi connectivity index (χ1) is 13.1. The molecule has 152 valence electrons. The van der Waals surface area contributed by atoms with Crippen LogP contribution in [0.1, 0.15) is 33.3 Å². The zero-order chi connectivity index (χ0) is 21.0. The van der Waals surface area contributed by atoms with Gasteiger partial charge < -0.3 is 14.2 Å². The Balaban J connectivity index is 2.26. The number of imide groups is 1. The Morgan fingerprint density at radius 3 is 2.46 bits per heavy atom. The van der Waals surface area contributed by atoms with E-state index in [0.717, 1.165) is 16.7 Å². The van der Waals surface area contributed by atoms with Gasteiger partial charge in [0.25, 0.3) is 11.1 Å². The molecule has 0 unspecified atom stereocenters. The van der Waals surface area contributed by atoms with E-state index in [1.165, 1.54) is 13.2 Å². The number of hydrogen-bond acceptors (Lipinski definition) is 7. The average Bonchev–Trinajstić information content (AvgIpc) is 2.83. The van der Waals surface area contributed by atoms with E-state index in [1.54, 1.807) is 26.0 Å². The van der Waals surface area contributed by atoms with Gasteiger partial charge in [0.2, 0.25) is 0 Å². The van der Waals surface area contributed by atoms with E-state index in [2.05, 4.69) is 0 Å². The maximum Gasteiger partial charge on any atom is 0.326 e. The van der Waals surface area contributed by atoms with Crippen molar-refractivity contribution in [3.05, 3.63) is 27.6 Å². The Morgan fingerprint density at radius 1 is 1.21 bits per heavy atom. The SMILES string of the molecule is COc1cc(/C=C2\SC(=O)N(CC(=O)OC(C)C)C2=O)cc(Cl)c1OC(C)C. The van der Waals surface area contributed by atoms with Crippen LogP contribution in [-0.2, 0) is 14.3 Å². The fourth-order valence-electron chi connectivity index (χ4n) is 2.39. The van der Waals surface area contributed by atoms with Crippen LogP contribution in [0.25, 0.3) is 6.08 Å². The summed E-state index contributed by atoms with van der Waals surface area (Å²) >= 11 is 7.04. The minimum atomic E-state index is -0.640. The summed E-state index contributed by atoms with van der Waals surface area (Å²) in [6.07, 6.45) is 1.09. The first kappa shape index (κ1) is 22.1. The van der Waals surface area contributed by atoms with Crippen molar-refractivity contribution in [1.29, 1.82) is 0 Å². The number of ether oxygens (including phenoxy) is 3. The highest BCUT2D eigenvalue weighted by molar-refractivity contribution is 8.18. The molecule has 0 atom stereocenters. The van der Waals surface area contributed by atoms with Crippen molar-refractivity contribution >= 4 is 46.6 Å². The van der Waals surface area contributed by atoms with E-state index in [4.69, 9.17) is 25.8 Å². The summed E-state index contributed by atoms with van der Waals surface area (Å²) in [5, 5.41) is -0.214. The van der Waals surface area contributed by atoms with Crippen molar-refractivity contribution in [3.63, 3.8) is 0 Å². The molecule has 0 spiro atoms. The van der Waals surface area contributed by atoms with Crippen LogP contribution < -0.4 is 9.47 Å². The lowest BCUT2D eigenvalue weighted by Gasteiger charge is -2.15. The first-order valence-corrected chi connectivity index (χ1v) is 9.80. The number of hydrogen-bond donors (Lipinski definition) is 0. The minimum absolute atomic E-state index is 0.0978. The van der Waals surface area contributed by atoms with Gasteiger partial charge in [0.1, 0.15) is 6.54 Å². The van der Waals surface area contributed by atoms with Crippen LogP contribution in [0.3, 0.4) is 0 Å². The number of rotatable bonds is 7. The number of methoxy groups -OCH3 is 1. The predicted molar refractivity (Wildman–Crippen MR) is 108 cm³/mol. The molecule has 9 heteroatoms. The molecule has 28 heavy (non-hydrogen) atoms. The van der Waals surface area contributed by atoms with E-state index in [1.807, 2.05) is 13.8 Å². The van der Waals surface area contributed by atoms with Crippen molar-refractivity contribution in [2.24, 2.45) is 0 Å². The highest BCUT2D eigenvalue weighted by Gasteiger charge is 2.36. The number of benzene rings is 1. The lowest BCUT2D eigenvalue weighted by atomic mass is 10.1. The molecule has 0 aromatic heterocycles. The number of esters is 1. The molecule has 1 aromatic rings. The van der Waals surface area contributed by atoms with Crippen LogP contribution in [0.2, 0.25) is 5.02 Å². The molecular formula is C19H22ClNO6S. The highest BCUT2D eigenvalue weighted by atomic mass is 35.5. The Bertz CT molecular complexity index is 821. The van der Waals surface area contributed by atoms with Gasteiger partial charge in [0, 0.05) is 0 Å². The second kappa shape index (κ2) is 9.34. The molecule has 1 aromatic carbocycles. The summed E-state index contributed by atoms with van der Waals surface area (Å²) in [6.45, 7) is 6.68. The van der Waals surface area contributed by atoms with E-state index in [0.29, 0.717) is 22.1 Å². The molecule has 0 bridgehead atoms. The van der Waals surface area contributed by atoms with E-state index >= 15 is 0 Å². The quantitative estimate of drug-likeness (QED) is 0.478. The minimum Gasteiger partial charge on any atom is -0.493 e. The Hall–Kier alpha value is -2.19. The molecule has 2 rings (SSSR count). The summed E-state index contributed by atoms with van der Waals surface area (Å²) in [5.41, 5.74) is 0.563. The van der Waals surface area contributed by atoms with E-state index < -0.39 is 23.7 Å². The van der Waals surface area contributed by atoms with Gasteiger partial charge in [-0.2, -0.15) is 0 Å². The Morgan fingerprint density at radius 2 is 1.89 bits per heavy atom. The number of carbonyl (C=O) groups excluding carboxylic acids is 3. The smallest absolute Gasteiger partial charge is 0.326 e. The van der Waals surface area contributed by atoms with Crippen LogP contribution in [0, 0.1) is 0 Å². The summed E-state index contributed by atoms with van der Waals surface area (Å²) < 4.78 is 16.0. The van der Waals surface area contributed by atoms with Crippen molar-refractivity contribution < 1.29 is 28.6 Å². The normalized spacial score (nSPS) is 15.7. The highest BCUT2D eigenvalue weighted by Crippen LogP contribution is 2.39. The van der Waals surface area contributed by atoms with Gasteiger partial charge in [-0.3, -0.25) is 19.3 Å². The monoisotopic (exact) mass is 427 g/mol. The van der Waals surface area contributed by atoms with Gasteiger partial charge in [0.05, 0.1) is 29.2 Å². The van der Waals surface area contributed by atoms with Crippen LogP contribution in [-0.4, -0.2) is 47.9 Å². The number of amides is 2. The second-order valence-corrected chi connectivity index (χ2v) is 7.91. The third-order valence-electron chi connectivity index (χ3n) is 3.43. The van der Waals surface area contributed by atoms with Gasteiger partial charge in [-0.15, -0.1) is 0 Å². The number of halogens is 1. The molecule has 2 amide bonds. The van der Waals surface area contributed by atoms with Crippen LogP contribution in [0.4, 0.5) is 4.79 Å². The third kappa shape index (κ3) is 5.42. The van der Waals surface area contributed by atoms with Crippen molar-refractivity contribution in [2.45, 2.75) is 39.9 Å². The fourth-order valence-corrected chi connectivity index (χ4v) is 3.49. The molecule has 1 fully saturated rings. The molecule has 1 aliphatic rings. The van der Waals surface area contributed by atoms with Gasteiger partial charge in [0.15, 0.2) is 11.5 Å². The Labute approximate surface area is 172 Å². The van der Waals surface area contributed by atoms with Gasteiger partial charge in [-0.1, -0.05) is 11.6 Å². The van der Waals surface area contributed by atoms with E-state index in [-0.39, 0.29) is 17.1 Å². The van der Waals surface area contributed by atoms with Gasteiger partial charge >= 0.3 is 5.97 Å². The summed E-state index contributed by atoms with van der Waals surface area (Å²) in [7, 11) is 1.48. The zero-order valence-electron chi connectivity index (χ0n) is 16.3. The fraction of sp³-hybridized carbons (Fsp3) is 0.421. The standard InChI is InChI=1S/C19H22ClNO6S/c1-10(2)26-16(22)9-21-18(23)15(28-19(21)24)8-12-6-13(20)17(27-11(3)4)14(7-12)25-5/h6-8,10-11H,9H2,1-5H3/b15-8-. The first-order valence-electron chi connectivity index (χ1n) is 8.61. The Kier molecular flexibility index (Phi) is 7.37. The van der Waals surface area contributed by atoms with Gasteiger partial charge in [-0.05, 0) is 63.2 Å². The van der Waals surface area contributed by atoms with Crippen LogP contribution >= 0.6 is 23.4 Å². The summed E-state index contributed by atoms with van der Waals surface area (Å²) in [5.74, 6) is -0.389. The number of thioether (sulfide) groups is 1. The molecule has 7 nitrogen and oxygen atoms in total. The maximum absolute atomic E-state index is 12.5. The molecule has 1 aliphatic heterocycles. The van der Waals surface area contributed by atoms with Crippen molar-refractivity contribution in [1.82, 2.24) is 4.90 Å². The number of nitrogens with zero attached hydrogens (tertiary/aromatic N) is 1. The molecular weight excluding hydrogens is 406 g/mol. The molecule has 1 saturated heterocycles. The zero-order valence-corrected chi connectivity index (χ0v) is 17.8. The number of carbonyl (C=O) groups is 3. The van der Waals surface area contributed by atoms with Gasteiger partial charge in [-0.25, -0.2) is 0 Å². The maximum atomic E-state index is 12.5. The largest absolute Gasteiger partial charge is 0.493 e. The summed E-state index contributed by atoms with van der Waals surface area (Å²) in [4.78, 5) is 37.4. The van der Waals surface area contributed by atoms with Crippen LogP contribution in [0.15, 0.2) is 17.0 Å². The van der Waals surface area contributed by atoms with E-state index in [9.17, 15) is 14.4 Å². The molecule has 0 aliphatic carbocycles. The second-order valence-electron chi connectivity index (χ2n) is 6.51. The summed E-state index contributed by atoms with van der Waals surface area (Å²) in [6, 6.07) is 3.27. The molecule has 0 saturated carbocycles.